The van der Waals surface area contributed by atoms with Gasteiger partial charge in [-0.2, -0.15) is 0 Å². The van der Waals surface area contributed by atoms with Crippen LogP contribution in [0.2, 0.25) is 0 Å². The highest BCUT2D eigenvalue weighted by atomic mass is 32.2. The smallest absolute Gasteiger partial charge is 0.398 e. The molecule has 0 amide bonds. The molecule has 5 atom stereocenters. The number of phosphoric acid groups is 1. The average Bonchev–Trinajstić information content (AvgIpc) is 3.30. The second-order valence-electron chi connectivity index (χ2n) is 6.96. The molecule has 5 N–H and O–H groups in total. The second-order valence-corrected chi connectivity index (χ2v) is 9.37. The molecule has 4 heterocycles. The Balaban J connectivity index is 1.52. The summed E-state index contributed by atoms with van der Waals surface area (Å²) in [4.78, 5) is 23.7. The fraction of sp³-hybridized carbons (Fsp3) is 0.353. The number of aromatic nitrogens is 4. The lowest BCUT2D eigenvalue weighted by Gasteiger charge is -2.29. The summed E-state index contributed by atoms with van der Waals surface area (Å²) in [5.41, 5.74) is 13.6. The van der Waals surface area contributed by atoms with Gasteiger partial charge in [-0.3, -0.25) is 13.6 Å². The number of nitrogens with zero attached hydrogens (tertiary/aromatic N) is 4. The quantitative estimate of drug-likeness (QED) is 0.288. The van der Waals surface area contributed by atoms with Crippen LogP contribution in [0.15, 0.2) is 40.6 Å². The maximum atomic E-state index is 11.9. The Hall–Kier alpha value is -2.25. The molecule has 0 spiro atoms. The first-order valence-electron chi connectivity index (χ1n) is 9.22. The van der Waals surface area contributed by atoms with E-state index in [1.807, 2.05) is 18.2 Å². The van der Waals surface area contributed by atoms with E-state index in [4.69, 9.17) is 30.0 Å². The number of para-hydroxylation sites is 1. The van der Waals surface area contributed by atoms with Crippen LogP contribution in [0.25, 0.3) is 11.2 Å². The largest absolute Gasteiger partial charge is 0.472 e. The Morgan fingerprint density at radius 2 is 2.13 bits per heavy atom. The highest BCUT2D eigenvalue weighted by Gasteiger charge is 2.53. The van der Waals surface area contributed by atoms with Gasteiger partial charge in [0.1, 0.15) is 23.8 Å². The maximum absolute atomic E-state index is 11.9. The molecule has 164 valence electrons. The molecular weight excluding hydrogens is 447 g/mol. The highest BCUT2D eigenvalue weighted by molar-refractivity contribution is 7.99. The van der Waals surface area contributed by atoms with Crippen molar-refractivity contribution in [1.82, 2.24) is 19.5 Å². The second kappa shape index (κ2) is 7.71. The van der Waals surface area contributed by atoms with Crippen molar-refractivity contribution in [2.75, 3.05) is 25.2 Å². The third-order valence-corrected chi connectivity index (χ3v) is 6.98. The van der Waals surface area contributed by atoms with Gasteiger partial charge in [-0.15, -0.1) is 0 Å². The molecule has 3 aromatic rings. The topological polar surface area (TPSA) is 170 Å². The third kappa shape index (κ3) is 3.68. The van der Waals surface area contributed by atoms with E-state index in [2.05, 4.69) is 15.0 Å². The van der Waals surface area contributed by atoms with Gasteiger partial charge in [-0.1, -0.05) is 12.1 Å². The molecular formula is C17H19N6O6PS. The molecule has 2 aliphatic rings. The van der Waals surface area contributed by atoms with Gasteiger partial charge in [0.05, 0.1) is 12.9 Å². The lowest BCUT2D eigenvalue weighted by molar-refractivity contribution is -0.0667. The van der Waals surface area contributed by atoms with E-state index in [1.165, 1.54) is 25.2 Å². The number of fused-ring (bicyclic) bond motifs is 2. The van der Waals surface area contributed by atoms with Crippen molar-refractivity contribution in [1.29, 1.82) is 0 Å². The average molecular weight is 466 g/mol. The molecule has 2 fully saturated rings. The van der Waals surface area contributed by atoms with Crippen LogP contribution in [-0.2, 0) is 23.1 Å². The van der Waals surface area contributed by atoms with E-state index in [0.717, 1.165) is 4.90 Å². The molecule has 0 bridgehead atoms. The van der Waals surface area contributed by atoms with Crippen LogP contribution >= 0.6 is 19.6 Å². The van der Waals surface area contributed by atoms with Crippen molar-refractivity contribution in [3.63, 3.8) is 0 Å². The summed E-state index contributed by atoms with van der Waals surface area (Å²) in [6.45, 7) is -0.104. The number of anilines is 2. The van der Waals surface area contributed by atoms with Gasteiger partial charge in [0.25, 0.3) is 0 Å². The summed E-state index contributed by atoms with van der Waals surface area (Å²) in [6.07, 6.45) is -1.33. The highest BCUT2D eigenvalue weighted by Crippen LogP contribution is 2.53. The zero-order valence-corrected chi connectivity index (χ0v) is 17.9. The van der Waals surface area contributed by atoms with Crippen LogP contribution in [0, 0.1) is 0 Å². The first kappa shape index (κ1) is 20.6. The van der Waals surface area contributed by atoms with Crippen LogP contribution in [0.5, 0.6) is 0 Å². The van der Waals surface area contributed by atoms with Crippen LogP contribution in [0.4, 0.5) is 11.5 Å². The normalized spacial score (nSPS) is 30.5. The number of nitrogen functional groups attached to an aromatic ring is 2. The summed E-state index contributed by atoms with van der Waals surface area (Å²) in [7, 11) is -2.70. The minimum Gasteiger partial charge on any atom is -0.398 e. The zero-order chi connectivity index (χ0) is 21.8. The van der Waals surface area contributed by atoms with E-state index in [9.17, 15) is 9.46 Å². The molecule has 0 radical (unpaired) electrons. The molecule has 5 unspecified atom stereocenters. The lowest BCUT2D eigenvalue weighted by Crippen LogP contribution is -2.40. The number of phosphoric ester groups is 1. The minimum atomic E-state index is -4.16. The number of hydrogen-bond donors (Lipinski definition) is 3. The van der Waals surface area contributed by atoms with Crippen LogP contribution in [0.1, 0.15) is 6.23 Å². The van der Waals surface area contributed by atoms with Gasteiger partial charge in [-0.25, -0.2) is 19.5 Å². The summed E-state index contributed by atoms with van der Waals surface area (Å²) < 4.78 is 35.2. The molecule has 1 aromatic carbocycles. The molecule has 5 rings (SSSR count). The summed E-state index contributed by atoms with van der Waals surface area (Å²) in [6, 6.07) is 7.35. The third-order valence-electron chi connectivity index (χ3n) is 5.04. The molecule has 0 saturated carbocycles. The van der Waals surface area contributed by atoms with Crippen molar-refractivity contribution in [2.24, 2.45) is 0 Å². The van der Waals surface area contributed by atoms with Gasteiger partial charge in [0, 0.05) is 17.7 Å². The number of rotatable bonds is 4. The van der Waals surface area contributed by atoms with Crippen LogP contribution in [0.3, 0.4) is 0 Å². The fourth-order valence-electron chi connectivity index (χ4n) is 3.62. The van der Waals surface area contributed by atoms with Crippen molar-refractivity contribution in [2.45, 2.75) is 34.6 Å². The molecule has 2 aliphatic heterocycles. The van der Waals surface area contributed by atoms with E-state index >= 15 is 0 Å². The molecule has 31 heavy (non-hydrogen) atoms. The van der Waals surface area contributed by atoms with Gasteiger partial charge < -0.3 is 25.8 Å². The summed E-state index contributed by atoms with van der Waals surface area (Å²) in [5, 5.41) is 0.383. The zero-order valence-electron chi connectivity index (χ0n) is 16.2. The molecule has 2 saturated heterocycles. The molecule has 0 aliphatic carbocycles. The van der Waals surface area contributed by atoms with E-state index in [-0.39, 0.29) is 12.4 Å². The maximum Gasteiger partial charge on any atom is 0.472 e. The fourth-order valence-corrected chi connectivity index (χ4v) is 5.38. The molecule has 14 heteroatoms. The van der Waals surface area contributed by atoms with E-state index in [1.54, 1.807) is 10.6 Å². The van der Waals surface area contributed by atoms with Crippen LogP contribution < -0.4 is 11.5 Å². The van der Waals surface area contributed by atoms with Gasteiger partial charge >= 0.3 is 7.82 Å². The SMILES string of the molecule is COC1C2OP(=O)(O)OCC2OC1n1cnc2c(N)nc(Sc3ccccc3N)nc21. The number of methoxy groups -OCH3 is 1. The van der Waals surface area contributed by atoms with Crippen molar-refractivity contribution in [3.8, 4) is 0 Å². The van der Waals surface area contributed by atoms with Crippen molar-refractivity contribution in [3.05, 3.63) is 30.6 Å². The predicted molar refractivity (Wildman–Crippen MR) is 110 cm³/mol. The minimum absolute atomic E-state index is 0.104. The number of nitrogens with two attached hydrogens (primary N) is 2. The standard InChI is InChI=1S/C17H19N6O6PS/c1-26-13-12-9(6-27-30(24,25)29-12)28-16(13)23-7-20-11-14(19)21-17(22-15(11)23)31-10-5-3-2-4-8(10)18/h2-5,7,9,12-13,16H,6,18H2,1H3,(H,24,25)(H2,19,21,22). The Labute approximate surface area is 180 Å². The number of hydrogen-bond acceptors (Lipinski definition) is 11. The number of imidazole rings is 1. The number of benzene rings is 1. The predicted octanol–water partition coefficient (Wildman–Crippen LogP) is 1.57. The first-order chi connectivity index (χ1) is 14.9. The Bertz CT molecular complexity index is 1190. The Kier molecular flexibility index (Phi) is 5.13. The summed E-state index contributed by atoms with van der Waals surface area (Å²) >= 11 is 1.27. The van der Waals surface area contributed by atoms with Crippen molar-refractivity contribution < 1.29 is 28.0 Å². The summed E-state index contributed by atoms with van der Waals surface area (Å²) in [5.74, 6) is 0.199. The van der Waals surface area contributed by atoms with Gasteiger partial charge in [-0.05, 0) is 23.9 Å². The molecule has 2 aromatic heterocycles. The number of ether oxygens (including phenoxy) is 2. The van der Waals surface area contributed by atoms with E-state index < -0.39 is 32.4 Å². The van der Waals surface area contributed by atoms with Gasteiger partial charge in [0.2, 0.25) is 0 Å². The van der Waals surface area contributed by atoms with Crippen LogP contribution in [-0.4, -0.2) is 56.4 Å². The molecule has 12 nitrogen and oxygen atoms in total. The first-order valence-corrected chi connectivity index (χ1v) is 11.5. The Morgan fingerprint density at radius 3 is 2.90 bits per heavy atom. The monoisotopic (exact) mass is 466 g/mol. The Morgan fingerprint density at radius 1 is 1.32 bits per heavy atom. The van der Waals surface area contributed by atoms with Gasteiger partial charge in [0.15, 0.2) is 22.8 Å². The lowest BCUT2D eigenvalue weighted by atomic mass is 10.1. The van der Waals surface area contributed by atoms with E-state index in [0.29, 0.717) is 22.0 Å². The van der Waals surface area contributed by atoms with Crippen molar-refractivity contribution >= 4 is 42.3 Å².